The van der Waals surface area contributed by atoms with Gasteiger partial charge in [0.2, 0.25) is 0 Å². The van der Waals surface area contributed by atoms with Gasteiger partial charge in [0.1, 0.15) is 23.7 Å². The van der Waals surface area contributed by atoms with Gasteiger partial charge < -0.3 is 50.3 Å². The lowest BCUT2D eigenvalue weighted by Gasteiger charge is -2.14. The number of rotatable bonds is 4. The van der Waals surface area contributed by atoms with Crippen molar-refractivity contribution in [2.45, 2.75) is 24.4 Å². The molecule has 2 heterocycles. The first-order valence-corrected chi connectivity index (χ1v) is 6.35. The van der Waals surface area contributed by atoms with E-state index >= 15 is 0 Å². The van der Waals surface area contributed by atoms with Crippen LogP contribution in [0.1, 0.15) is 0 Å². The predicted octanol–water partition coefficient (Wildman–Crippen LogP) is -5.21. The van der Waals surface area contributed by atoms with Gasteiger partial charge in [-0.3, -0.25) is 0 Å². The molecule has 0 aliphatic carbocycles. The topological polar surface area (TPSA) is 220 Å². The quantitative estimate of drug-likeness (QED) is 0.262. The summed E-state index contributed by atoms with van der Waals surface area (Å²) in [5.41, 5.74) is 0. The summed E-state index contributed by atoms with van der Waals surface area (Å²) in [6, 6.07) is 0. The number of ether oxygens (including phenoxy) is 2. The monoisotopic (exact) mass is 350 g/mol. The average Bonchev–Trinajstić information content (AvgIpc) is 2.98. The van der Waals surface area contributed by atoms with Crippen molar-refractivity contribution in [1.82, 2.24) is 0 Å². The summed E-state index contributed by atoms with van der Waals surface area (Å²) < 4.78 is 8.51. The fourth-order valence-electron chi connectivity index (χ4n) is 1.63. The number of hydrogen-bond acceptors (Lipinski definition) is 12. The number of carbonyl (C=O) groups excluding carboxylic acids is 2. The summed E-state index contributed by atoms with van der Waals surface area (Å²) in [7, 11) is 0. The van der Waals surface area contributed by atoms with Crippen LogP contribution in [0.4, 0.5) is 0 Å². The first-order valence-electron chi connectivity index (χ1n) is 6.35. The maximum atomic E-state index is 10.6. The summed E-state index contributed by atoms with van der Waals surface area (Å²) in [5.74, 6) is -6.50. The van der Waals surface area contributed by atoms with Gasteiger partial charge in [0.05, 0.1) is 13.2 Å². The van der Waals surface area contributed by atoms with Gasteiger partial charge in [-0.2, -0.15) is 0 Å². The van der Waals surface area contributed by atoms with Gasteiger partial charge in [-0.1, -0.05) is 0 Å². The van der Waals surface area contributed by atoms with Crippen molar-refractivity contribution in [1.29, 1.82) is 0 Å². The third-order valence-corrected chi connectivity index (χ3v) is 2.92. The minimum Gasteiger partial charge on any atom is -0.865 e. The lowest BCUT2D eigenvalue weighted by Crippen LogP contribution is -2.31. The van der Waals surface area contributed by atoms with Crippen molar-refractivity contribution < 1.29 is 59.9 Å². The largest absolute Gasteiger partial charge is 0.865 e. The zero-order valence-corrected chi connectivity index (χ0v) is 11.9. The van der Waals surface area contributed by atoms with Crippen molar-refractivity contribution in [3.8, 4) is 0 Å². The lowest BCUT2D eigenvalue weighted by molar-refractivity contribution is -0.303. The Morgan fingerprint density at radius 1 is 0.833 bits per heavy atom. The second kappa shape index (κ2) is 7.83. The number of cyclic esters (lactones) is 2. The highest BCUT2D eigenvalue weighted by Crippen LogP contribution is 2.20. The van der Waals surface area contributed by atoms with Crippen LogP contribution >= 0.6 is 0 Å². The van der Waals surface area contributed by atoms with Crippen LogP contribution in [0, 0.1) is 0 Å². The standard InChI is InChI=1S/2C6H8O6/c2*7-1-2(8)5-3(9)4(10)6(11)12-5/h2*2,5,7-10H,1H2/p-2. The molecule has 4 unspecified atom stereocenters. The highest BCUT2D eigenvalue weighted by molar-refractivity contribution is 5.89. The first kappa shape index (κ1) is 19.5. The van der Waals surface area contributed by atoms with Gasteiger partial charge in [-0.25, -0.2) is 9.59 Å². The average molecular weight is 350 g/mol. The van der Waals surface area contributed by atoms with Gasteiger partial charge in [0.15, 0.2) is 12.2 Å². The Morgan fingerprint density at radius 3 is 1.29 bits per heavy atom. The zero-order valence-electron chi connectivity index (χ0n) is 11.9. The predicted molar refractivity (Wildman–Crippen MR) is 65.3 cm³/mol. The smallest absolute Gasteiger partial charge is 0.327 e. The molecule has 0 amide bonds. The van der Waals surface area contributed by atoms with E-state index in [2.05, 4.69) is 9.47 Å². The molecule has 2 aliphatic heterocycles. The molecule has 12 heteroatoms. The molecule has 0 aromatic heterocycles. The highest BCUT2D eigenvalue weighted by atomic mass is 16.6. The third-order valence-electron chi connectivity index (χ3n) is 2.92. The molecular weight excluding hydrogens is 336 g/mol. The minimum absolute atomic E-state index is 0.699. The molecule has 12 nitrogen and oxygen atoms in total. The second-order valence-corrected chi connectivity index (χ2v) is 4.58. The molecule has 0 radical (unpaired) electrons. The molecule has 2 aliphatic rings. The van der Waals surface area contributed by atoms with Gasteiger partial charge in [0, 0.05) is 11.5 Å². The van der Waals surface area contributed by atoms with Crippen molar-refractivity contribution in [2.24, 2.45) is 0 Å². The summed E-state index contributed by atoms with van der Waals surface area (Å²) in [4.78, 5) is 20.9. The Kier molecular flexibility index (Phi) is 6.36. The van der Waals surface area contributed by atoms with Crippen LogP contribution in [0.5, 0.6) is 0 Å². The van der Waals surface area contributed by atoms with Crippen LogP contribution < -0.4 is 10.2 Å². The Balaban J connectivity index is 0.000000240. The van der Waals surface area contributed by atoms with Gasteiger partial charge in [-0.15, -0.1) is 0 Å². The highest BCUT2D eigenvalue weighted by Gasteiger charge is 2.34. The molecule has 24 heavy (non-hydrogen) atoms. The van der Waals surface area contributed by atoms with Crippen LogP contribution in [0.2, 0.25) is 0 Å². The van der Waals surface area contributed by atoms with Crippen molar-refractivity contribution in [3.63, 3.8) is 0 Å². The van der Waals surface area contributed by atoms with E-state index < -0.39 is 72.6 Å². The summed E-state index contributed by atoms with van der Waals surface area (Å²) >= 11 is 0. The molecule has 0 saturated carbocycles. The number of carbonyl (C=O) groups is 2. The molecule has 2 rings (SSSR count). The number of hydrogen-bond donors (Lipinski definition) is 6. The van der Waals surface area contributed by atoms with E-state index in [9.17, 15) is 19.8 Å². The molecular formula is C12H14O12-2. The van der Waals surface area contributed by atoms with E-state index in [1.165, 1.54) is 0 Å². The molecule has 0 spiro atoms. The fourth-order valence-corrected chi connectivity index (χ4v) is 1.63. The summed E-state index contributed by atoms with van der Waals surface area (Å²) in [6.45, 7) is -1.40. The maximum Gasteiger partial charge on any atom is 0.327 e. The number of esters is 2. The summed E-state index contributed by atoms with van der Waals surface area (Å²) in [6.07, 6.45) is -5.76. The molecule has 0 aromatic rings. The van der Waals surface area contributed by atoms with E-state index in [4.69, 9.17) is 30.6 Å². The van der Waals surface area contributed by atoms with Crippen LogP contribution in [0.15, 0.2) is 23.0 Å². The second-order valence-electron chi connectivity index (χ2n) is 4.58. The summed E-state index contributed by atoms with van der Waals surface area (Å²) in [5, 5.41) is 73.5. The molecule has 136 valence electrons. The molecule has 0 bridgehead atoms. The van der Waals surface area contributed by atoms with Gasteiger partial charge in [0.25, 0.3) is 0 Å². The van der Waals surface area contributed by atoms with Crippen LogP contribution in [0.3, 0.4) is 0 Å². The van der Waals surface area contributed by atoms with Gasteiger partial charge in [-0.05, 0) is 0 Å². The molecule has 0 saturated heterocycles. The van der Waals surface area contributed by atoms with E-state index in [1.54, 1.807) is 0 Å². The minimum atomic E-state index is -1.46. The Hall–Kier alpha value is -2.54. The molecule has 4 atom stereocenters. The Morgan fingerprint density at radius 2 is 1.12 bits per heavy atom. The van der Waals surface area contributed by atoms with Crippen molar-refractivity contribution in [2.75, 3.05) is 13.2 Å². The zero-order chi connectivity index (χ0) is 18.6. The molecule has 6 N–H and O–H groups in total. The Labute approximate surface area is 133 Å². The van der Waals surface area contributed by atoms with Crippen LogP contribution in [0.25, 0.3) is 0 Å². The van der Waals surface area contributed by atoms with Crippen molar-refractivity contribution in [3.05, 3.63) is 23.0 Å². The maximum absolute atomic E-state index is 10.6. The molecule has 0 aromatic carbocycles. The van der Waals surface area contributed by atoms with Gasteiger partial charge >= 0.3 is 11.9 Å². The van der Waals surface area contributed by atoms with Crippen LogP contribution in [-0.2, 0) is 19.1 Å². The third kappa shape index (κ3) is 3.86. The van der Waals surface area contributed by atoms with E-state index in [1.807, 2.05) is 0 Å². The van der Waals surface area contributed by atoms with E-state index in [0.29, 0.717) is 0 Å². The Bertz CT molecular complexity index is 514. The normalized spacial score (nSPS) is 25.8. The lowest BCUT2D eigenvalue weighted by atomic mass is 10.2. The molecule has 0 fully saturated rings. The van der Waals surface area contributed by atoms with E-state index in [0.717, 1.165) is 0 Å². The first-order chi connectivity index (χ1) is 11.1. The SMILES string of the molecule is O=C1OC(C(O)CO)C(O)=C1[O-].O=C1OC(C(O)CO)C(O)=C1[O-]. The number of aliphatic hydroxyl groups excluding tert-OH is 6. The van der Waals surface area contributed by atoms with Crippen molar-refractivity contribution >= 4 is 11.9 Å². The number of aliphatic hydroxyl groups is 6. The van der Waals surface area contributed by atoms with E-state index in [-0.39, 0.29) is 0 Å². The van der Waals surface area contributed by atoms with Crippen LogP contribution in [-0.4, -0.2) is 80.2 Å². The fraction of sp³-hybridized carbons (Fsp3) is 0.500.